The van der Waals surface area contributed by atoms with E-state index in [1.807, 2.05) is 0 Å². The summed E-state index contributed by atoms with van der Waals surface area (Å²) >= 11 is 17.8. The van der Waals surface area contributed by atoms with Crippen LogP contribution in [0, 0.1) is 0 Å². The first kappa shape index (κ1) is 14.9. The number of pyridine rings is 1. The Morgan fingerprint density at radius 2 is 1.85 bits per heavy atom. The monoisotopic (exact) mass is 326 g/mol. The molecule has 20 heavy (non-hydrogen) atoms. The first-order valence-electron chi connectivity index (χ1n) is 5.61. The summed E-state index contributed by atoms with van der Waals surface area (Å²) in [5.74, 6) is 0.0214. The number of hydrogen-bond donors (Lipinski definition) is 1. The molecule has 0 aliphatic heterocycles. The fourth-order valence-corrected chi connectivity index (χ4v) is 2.15. The van der Waals surface area contributed by atoms with Crippen LogP contribution in [0.1, 0.15) is 5.56 Å². The smallest absolute Gasteiger partial charge is 0.249 e. The van der Waals surface area contributed by atoms with Gasteiger partial charge < -0.3 is 5.32 Å². The predicted octanol–water partition coefficient (Wildman–Crippen LogP) is 4.69. The molecule has 0 aliphatic carbocycles. The molecule has 0 unspecified atom stereocenters. The Hall–Kier alpha value is -1.55. The SMILES string of the molecule is O=C(C=Cc1c(Cl)cccc1Cl)Nc1cc(Cl)ccn1. The van der Waals surface area contributed by atoms with Crippen molar-refractivity contribution in [2.75, 3.05) is 5.32 Å². The summed E-state index contributed by atoms with van der Waals surface area (Å²) in [7, 11) is 0. The molecule has 0 saturated carbocycles. The van der Waals surface area contributed by atoms with Crippen LogP contribution in [0.25, 0.3) is 6.08 Å². The number of aromatic nitrogens is 1. The van der Waals surface area contributed by atoms with Crippen LogP contribution in [0.3, 0.4) is 0 Å². The highest BCUT2D eigenvalue weighted by Crippen LogP contribution is 2.25. The maximum absolute atomic E-state index is 11.8. The number of nitrogens with zero attached hydrogens (tertiary/aromatic N) is 1. The van der Waals surface area contributed by atoms with E-state index >= 15 is 0 Å². The van der Waals surface area contributed by atoms with E-state index in [9.17, 15) is 4.79 Å². The Kier molecular flexibility index (Phi) is 5.01. The molecule has 3 nitrogen and oxygen atoms in total. The van der Waals surface area contributed by atoms with Crippen LogP contribution in [-0.4, -0.2) is 10.9 Å². The number of carbonyl (C=O) groups excluding carboxylic acids is 1. The van der Waals surface area contributed by atoms with E-state index in [2.05, 4.69) is 10.3 Å². The van der Waals surface area contributed by atoms with Gasteiger partial charge in [0.1, 0.15) is 5.82 Å². The number of nitrogens with one attached hydrogen (secondary N) is 1. The standard InChI is InChI=1S/C14H9Cl3N2O/c15-9-6-7-18-13(8-9)19-14(20)5-4-10-11(16)2-1-3-12(10)17/h1-8H,(H,18,19,20). The average Bonchev–Trinajstić information content (AvgIpc) is 2.38. The molecule has 102 valence electrons. The minimum Gasteiger partial charge on any atom is -0.307 e. The number of hydrogen-bond acceptors (Lipinski definition) is 2. The van der Waals surface area contributed by atoms with E-state index in [1.165, 1.54) is 12.3 Å². The summed E-state index contributed by atoms with van der Waals surface area (Å²) in [5, 5.41) is 4.03. The van der Waals surface area contributed by atoms with Crippen LogP contribution < -0.4 is 5.32 Å². The van der Waals surface area contributed by atoms with E-state index < -0.39 is 0 Å². The van der Waals surface area contributed by atoms with Gasteiger partial charge in [0.25, 0.3) is 0 Å². The van der Waals surface area contributed by atoms with E-state index in [4.69, 9.17) is 34.8 Å². The normalized spacial score (nSPS) is 10.8. The lowest BCUT2D eigenvalue weighted by Crippen LogP contribution is -2.08. The van der Waals surface area contributed by atoms with Crippen LogP contribution in [0.2, 0.25) is 15.1 Å². The zero-order valence-corrected chi connectivity index (χ0v) is 12.4. The number of anilines is 1. The first-order chi connectivity index (χ1) is 9.56. The molecule has 1 aromatic carbocycles. The third-order valence-electron chi connectivity index (χ3n) is 2.37. The molecule has 1 amide bonds. The minimum atomic E-state index is -0.351. The molecule has 2 aromatic rings. The van der Waals surface area contributed by atoms with Crippen molar-refractivity contribution in [1.82, 2.24) is 4.98 Å². The van der Waals surface area contributed by atoms with Crippen molar-refractivity contribution in [3.05, 3.63) is 63.2 Å². The lowest BCUT2D eigenvalue weighted by molar-refractivity contribution is -0.111. The van der Waals surface area contributed by atoms with E-state index in [1.54, 1.807) is 36.4 Å². The molecule has 1 N–H and O–H groups in total. The Bertz CT molecular complexity index is 651. The van der Waals surface area contributed by atoms with Crippen molar-refractivity contribution in [2.24, 2.45) is 0 Å². The van der Waals surface area contributed by atoms with E-state index in [-0.39, 0.29) is 5.91 Å². The van der Waals surface area contributed by atoms with Crippen molar-refractivity contribution < 1.29 is 4.79 Å². The average molecular weight is 328 g/mol. The Morgan fingerprint density at radius 3 is 2.50 bits per heavy atom. The second-order valence-corrected chi connectivity index (χ2v) is 5.07. The third-order valence-corrected chi connectivity index (χ3v) is 3.27. The first-order valence-corrected chi connectivity index (χ1v) is 6.74. The van der Waals surface area contributed by atoms with Crippen molar-refractivity contribution >= 4 is 52.6 Å². The van der Waals surface area contributed by atoms with Gasteiger partial charge in [-0.15, -0.1) is 0 Å². The number of amides is 1. The summed E-state index contributed by atoms with van der Waals surface area (Å²) in [6.07, 6.45) is 4.38. The molecule has 0 spiro atoms. The topological polar surface area (TPSA) is 42.0 Å². The molecule has 0 fully saturated rings. The lowest BCUT2D eigenvalue weighted by atomic mass is 10.2. The summed E-state index contributed by atoms with van der Waals surface area (Å²) < 4.78 is 0. The molecule has 1 aromatic heterocycles. The zero-order valence-electron chi connectivity index (χ0n) is 10.1. The summed E-state index contributed by atoms with van der Waals surface area (Å²) in [6.45, 7) is 0. The van der Waals surface area contributed by atoms with E-state index in [0.29, 0.717) is 26.4 Å². The quantitative estimate of drug-likeness (QED) is 0.831. The highest BCUT2D eigenvalue weighted by Gasteiger charge is 2.03. The summed E-state index contributed by atoms with van der Waals surface area (Å²) in [5.41, 5.74) is 0.588. The highest BCUT2D eigenvalue weighted by atomic mass is 35.5. The molecular weight excluding hydrogens is 319 g/mol. The number of halogens is 3. The fourth-order valence-electron chi connectivity index (χ4n) is 1.47. The fraction of sp³-hybridized carbons (Fsp3) is 0. The molecule has 1 heterocycles. The molecule has 2 rings (SSSR count). The molecule has 0 atom stereocenters. The van der Waals surface area contributed by atoms with Gasteiger partial charge >= 0.3 is 0 Å². The van der Waals surface area contributed by atoms with Gasteiger partial charge in [-0.25, -0.2) is 4.98 Å². The maximum atomic E-state index is 11.8. The van der Waals surface area contributed by atoms with E-state index in [0.717, 1.165) is 0 Å². The van der Waals surface area contributed by atoms with Crippen molar-refractivity contribution in [1.29, 1.82) is 0 Å². The van der Waals surface area contributed by atoms with Crippen LogP contribution in [0.15, 0.2) is 42.6 Å². The van der Waals surface area contributed by atoms with Gasteiger partial charge in [-0.1, -0.05) is 40.9 Å². The Morgan fingerprint density at radius 1 is 1.15 bits per heavy atom. The maximum Gasteiger partial charge on any atom is 0.249 e. The zero-order chi connectivity index (χ0) is 14.5. The largest absolute Gasteiger partial charge is 0.307 e. The van der Waals surface area contributed by atoms with Crippen molar-refractivity contribution in [3.63, 3.8) is 0 Å². The summed E-state index contributed by atoms with van der Waals surface area (Å²) in [6, 6.07) is 8.30. The van der Waals surface area contributed by atoms with Crippen LogP contribution in [0.4, 0.5) is 5.82 Å². The van der Waals surface area contributed by atoms with Gasteiger partial charge in [0, 0.05) is 32.9 Å². The van der Waals surface area contributed by atoms with Crippen LogP contribution in [0.5, 0.6) is 0 Å². The molecular formula is C14H9Cl3N2O. The predicted molar refractivity (Wildman–Crippen MR) is 83.4 cm³/mol. The van der Waals surface area contributed by atoms with Crippen LogP contribution >= 0.6 is 34.8 Å². The Labute approximate surface area is 131 Å². The minimum absolute atomic E-state index is 0.351. The van der Waals surface area contributed by atoms with Crippen molar-refractivity contribution in [3.8, 4) is 0 Å². The van der Waals surface area contributed by atoms with Gasteiger partial charge in [0.05, 0.1) is 0 Å². The van der Waals surface area contributed by atoms with Crippen LogP contribution in [-0.2, 0) is 4.79 Å². The second-order valence-electron chi connectivity index (χ2n) is 3.82. The summed E-state index contributed by atoms with van der Waals surface area (Å²) in [4.78, 5) is 15.7. The van der Waals surface area contributed by atoms with Crippen molar-refractivity contribution in [2.45, 2.75) is 0 Å². The number of rotatable bonds is 3. The van der Waals surface area contributed by atoms with Gasteiger partial charge in [0.2, 0.25) is 5.91 Å². The van der Waals surface area contributed by atoms with Gasteiger partial charge in [-0.3, -0.25) is 4.79 Å². The van der Waals surface area contributed by atoms with Gasteiger partial charge in [0.15, 0.2) is 0 Å². The Balaban J connectivity index is 2.10. The third kappa shape index (κ3) is 3.97. The molecule has 0 saturated heterocycles. The number of carbonyl (C=O) groups is 1. The molecule has 0 aliphatic rings. The second kappa shape index (κ2) is 6.75. The lowest BCUT2D eigenvalue weighted by Gasteiger charge is -2.02. The molecule has 6 heteroatoms. The molecule has 0 bridgehead atoms. The van der Waals surface area contributed by atoms with Gasteiger partial charge in [-0.2, -0.15) is 0 Å². The molecule has 0 radical (unpaired) electrons. The number of benzene rings is 1. The highest BCUT2D eigenvalue weighted by molar-refractivity contribution is 6.37. The van der Waals surface area contributed by atoms with Gasteiger partial charge in [-0.05, 0) is 30.3 Å².